The van der Waals surface area contributed by atoms with Crippen molar-refractivity contribution in [2.45, 2.75) is 6.10 Å². The van der Waals surface area contributed by atoms with Gasteiger partial charge in [-0.2, -0.15) is 0 Å². The summed E-state index contributed by atoms with van der Waals surface area (Å²) in [5.41, 5.74) is 0.613. The molecule has 0 aromatic carbocycles. The van der Waals surface area contributed by atoms with E-state index in [-0.39, 0.29) is 0 Å². The number of pyridine rings is 1. The Kier molecular flexibility index (Phi) is 3.37. The molecule has 1 rings (SSSR count). The van der Waals surface area contributed by atoms with Gasteiger partial charge >= 0.3 is 0 Å². The Morgan fingerprint density at radius 2 is 2.42 bits per heavy atom. The molecule has 1 atom stereocenters. The van der Waals surface area contributed by atoms with Crippen molar-refractivity contribution in [3.05, 3.63) is 28.5 Å². The van der Waals surface area contributed by atoms with Crippen LogP contribution in [-0.2, 0) is 9.53 Å². The van der Waals surface area contributed by atoms with Crippen LogP contribution in [0.2, 0.25) is 0 Å². The van der Waals surface area contributed by atoms with Crippen LogP contribution >= 0.6 is 15.9 Å². The van der Waals surface area contributed by atoms with Gasteiger partial charge in [0.25, 0.3) is 0 Å². The van der Waals surface area contributed by atoms with Gasteiger partial charge in [-0.1, -0.05) is 6.07 Å². The summed E-state index contributed by atoms with van der Waals surface area (Å²) in [5.74, 6) is 0. The van der Waals surface area contributed by atoms with Gasteiger partial charge in [-0.25, -0.2) is 4.98 Å². The van der Waals surface area contributed by atoms with Crippen molar-refractivity contribution in [2.75, 3.05) is 7.11 Å². The number of aromatic nitrogens is 1. The van der Waals surface area contributed by atoms with E-state index in [0.29, 0.717) is 10.3 Å². The van der Waals surface area contributed by atoms with Crippen molar-refractivity contribution < 1.29 is 9.53 Å². The molecule has 0 radical (unpaired) electrons. The lowest BCUT2D eigenvalue weighted by Crippen LogP contribution is -2.04. The van der Waals surface area contributed by atoms with E-state index in [1.54, 1.807) is 12.1 Å². The summed E-state index contributed by atoms with van der Waals surface area (Å²) in [4.78, 5) is 14.5. The smallest absolute Gasteiger partial charge is 0.154 e. The van der Waals surface area contributed by atoms with Crippen molar-refractivity contribution in [3.8, 4) is 0 Å². The third kappa shape index (κ3) is 2.12. The molecule has 0 amide bonds. The van der Waals surface area contributed by atoms with Crippen LogP contribution in [-0.4, -0.2) is 18.4 Å². The Morgan fingerprint density at radius 3 is 2.92 bits per heavy atom. The van der Waals surface area contributed by atoms with Crippen LogP contribution in [0.15, 0.2) is 22.8 Å². The van der Waals surface area contributed by atoms with E-state index >= 15 is 0 Å². The first kappa shape index (κ1) is 9.35. The second kappa shape index (κ2) is 4.33. The first-order valence-electron chi connectivity index (χ1n) is 3.38. The summed E-state index contributed by atoms with van der Waals surface area (Å²) >= 11 is 3.21. The van der Waals surface area contributed by atoms with E-state index in [1.165, 1.54) is 7.11 Å². The molecule has 0 N–H and O–H groups in total. The van der Waals surface area contributed by atoms with Crippen molar-refractivity contribution in [1.82, 2.24) is 4.98 Å². The van der Waals surface area contributed by atoms with Crippen LogP contribution in [0.5, 0.6) is 0 Å². The molecule has 0 saturated carbocycles. The highest BCUT2D eigenvalue weighted by atomic mass is 79.9. The van der Waals surface area contributed by atoms with Crippen LogP contribution in [0.4, 0.5) is 0 Å². The van der Waals surface area contributed by atoms with E-state index in [9.17, 15) is 4.79 Å². The van der Waals surface area contributed by atoms with E-state index < -0.39 is 6.10 Å². The number of carbonyl (C=O) groups excluding carboxylic acids is 1. The predicted octanol–water partition coefficient (Wildman–Crippen LogP) is 1.73. The zero-order valence-corrected chi connectivity index (χ0v) is 8.11. The Bertz CT molecular complexity index is 278. The Hall–Kier alpha value is -0.740. The van der Waals surface area contributed by atoms with Crippen molar-refractivity contribution in [3.63, 3.8) is 0 Å². The van der Waals surface area contributed by atoms with E-state index in [2.05, 4.69) is 20.9 Å². The first-order valence-corrected chi connectivity index (χ1v) is 4.17. The van der Waals surface area contributed by atoms with E-state index in [1.807, 2.05) is 6.07 Å². The standard InChI is InChI=1S/C8H8BrNO2/c1-12-7(5-11)6-3-2-4-8(9)10-6/h2-5,7H,1H3. The summed E-state index contributed by atoms with van der Waals surface area (Å²) in [6, 6.07) is 5.34. The molecular formula is C8H8BrNO2. The van der Waals surface area contributed by atoms with Crippen molar-refractivity contribution in [1.29, 1.82) is 0 Å². The monoisotopic (exact) mass is 229 g/mol. The van der Waals surface area contributed by atoms with Crippen molar-refractivity contribution in [2.24, 2.45) is 0 Å². The average molecular weight is 230 g/mol. The van der Waals surface area contributed by atoms with Crippen LogP contribution in [0.1, 0.15) is 11.8 Å². The number of aldehydes is 1. The molecule has 0 aliphatic heterocycles. The number of carbonyl (C=O) groups is 1. The maximum absolute atomic E-state index is 10.5. The van der Waals surface area contributed by atoms with Gasteiger partial charge in [-0.3, -0.25) is 4.79 Å². The predicted molar refractivity (Wildman–Crippen MR) is 47.8 cm³/mol. The normalized spacial score (nSPS) is 12.5. The topological polar surface area (TPSA) is 39.2 Å². The first-order chi connectivity index (χ1) is 5.77. The van der Waals surface area contributed by atoms with Gasteiger partial charge in [0.1, 0.15) is 4.60 Å². The van der Waals surface area contributed by atoms with Gasteiger partial charge in [0, 0.05) is 7.11 Å². The molecule has 64 valence electrons. The lowest BCUT2D eigenvalue weighted by Gasteiger charge is -2.06. The van der Waals surface area contributed by atoms with Crippen LogP contribution in [0.3, 0.4) is 0 Å². The number of ether oxygens (including phenoxy) is 1. The Balaban J connectivity index is 2.93. The summed E-state index contributed by atoms with van der Waals surface area (Å²) in [5, 5.41) is 0. The largest absolute Gasteiger partial charge is 0.368 e. The quantitative estimate of drug-likeness (QED) is 0.586. The van der Waals surface area contributed by atoms with Gasteiger partial charge < -0.3 is 4.74 Å². The van der Waals surface area contributed by atoms with Gasteiger partial charge in [-0.05, 0) is 28.1 Å². The number of methoxy groups -OCH3 is 1. The zero-order valence-electron chi connectivity index (χ0n) is 6.53. The SMILES string of the molecule is COC(C=O)c1cccc(Br)n1. The second-order valence-electron chi connectivity index (χ2n) is 2.18. The molecule has 1 heterocycles. The molecule has 1 aromatic rings. The lowest BCUT2D eigenvalue weighted by atomic mass is 10.2. The fourth-order valence-corrected chi connectivity index (χ4v) is 1.19. The van der Waals surface area contributed by atoms with Crippen molar-refractivity contribution >= 4 is 22.2 Å². The molecule has 1 aromatic heterocycles. The number of hydrogen-bond donors (Lipinski definition) is 0. The Morgan fingerprint density at radius 1 is 1.67 bits per heavy atom. The van der Waals surface area contributed by atoms with Gasteiger partial charge in [-0.15, -0.1) is 0 Å². The molecule has 0 aliphatic rings. The summed E-state index contributed by atoms with van der Waals surface area (Å²) in [6.07, 6.45) is 0.150. The van der Waals surface area contributed by atoms with Crippen LogP contribution in [0.25, 0.3) is 0 Å². The molecule has 3 nitrogen and oxygen atoms in total. The zero-order chi connectivity index (χ0) is 8.97. The molecule has 0 saturated heterocycles. The van der Waals surface area contributed by atoms with E-state index in [4.69, 9.17) is 4.74 Å². The second-order valence-corrected chi connectivity index (χ2v) is 2.99. The highest BCUT2D eigenvalue weighted by molar-refractivity contribution is 9.10. The third-order valence-electron chi connectivity index (χ3n) is 1.41. The molecule has 0 bridgehead atoms. The number of hydrogen-bond acceptors (Lipinski definition) is 3. The highest BCUT2D eigenvalue weighted by Gasteiger charge is 2.09. The summed E-state index contributed by atoms with van der Waals surface area (Å²) < 4.78 is 5.59. The molecule has 4 heteroatoms. The molecule has 0 spiro atoms. The fraction of sp³-hybridized carbons (Fsp3) is 0.250. The molecule has 0 fully saturated rings. The van der Waals surface area contributed by atoms with Gasteiger partial charge in [0.2, 0.25) is 0 Å². The Labute approximate surface area is 78.9 Å². The minimum Gasteiger partial charge on any atom is -0.368 e. The third-order valence-corrected chi connectivity index (χ3v) is 1.85. The molecule has 0 aliphatic carbocycles. The van der Waals surface area contributed by atoms with Crippen LogP contribution in [0, 0.1) is 0 Å². The molecule has 12 heavy (non-hydrogen) atoms. The maximum atomic E-state index is 10.5. The fourth-order valence-electron chi connectivity index (χ4n) is 0.828. The number of nitrogens with zero attached hydrogens (tertiary/aromatic N) is 1. The summed E-state index contributed by atoms with van der Waals surface area (Å²) in [7, 11) is 1.47. The molecular weight excluding hydrogens is 222 g/mol. The summed E-state index contributed by atoms with van der Waals surface area (Å²) in [6.45, 7) is 0. The molecule has 1 unspecified atom stereocenters. The van der Waals surface area contributed by atoms with Crippen LogP contribution < -0.4 is 0 Å². The minimum absolute atomic E-state index is 0.567. The maximum Gasteiger partial charge on any atom is 0.154 e. The van der Waals surface area contributed by atoms with Gasteiger partial charge in [0.05, 0.1) is 5.69 Å². The minimum atomic E-state index is -0.567. The van der Waals surface area contributed by atoms with E-state index in [0.717, 1.165) is 6.29 Å². The van der Waals surface area contributed by atoms with Gasteiger partial charge in [0.15, 0.2) is 12.4 Å². The number of halogens is 1. The highest BCUT2D eigenvalue weighted by Crippen LogP contribution is 2.14. The lowest BCUT2D eigenvalue weighted by molar-refractivity contribution is -0.116. The number of rotatable bonds is 3. The average Bonchev–Trinajstić information content (AvgIpc) is 2.07.